The van der Waals surface area contributed by atoms with Gasteiger partial charge in [-0.2, -0.15) is 4.98 Å². The van der Waals surface area contributed by atoms with Gasteiger partial charge in [0.15, 0.2) is 0 Å². The van der Waals surface area contributed by atoms with Crippen molar-refractivity contribution in [3.63, 3.8) is 0 Å². The molecule has 5 heteroatoms. The molecule has 1 aromatic carbocycles. The lowest BCUT2D eigenvalue weighted by atomic mass is 10.1. The first kappa shape index (κ1) is 13.6. The van der Waals surface area contributed by atoms with Crippen molar-refractivity contribution in [3.8, 4) is 11.6 Å². The summed E-state index contributed by atoms with van der Waals surface area (Å²) in [6, 6.07) is 7.84. The van der Waals surface area contributed by atoms with Crippen LogP contribution < -0.4 is 10.1 Å². The Morgan fingerprint density at radius 2 is 2.05 bits per heavy atom. The molecule has 0 saturated heterocycles. The predicted molar refractivity (Wildman–Crippen MR) is 77.1 cm³/mol. The molecule has 1 heterocycles. The average Bonchev–Trinajstić information content (AvgIpc) is 2.43. The summed E-state index contributed by atoms with van der Waals surface area (Å²) in [5.74, 6) is 1.65. The van der Waals surface area contributed by atoms with Gasteiger partial charge in [-0.1, -0.05) is 36.7 Å². The van der Waals surface area contributed by atoms with Crippen LogP contribution >= 0.6 is 11.6 Å². The van der Waals surface area contributed by atoms with Crippen LogP contribution in [0.4, 0.5) is 5.95 Å². The fraction of sp³-hybridized carbons (Fsp3) is 0.286. The van der Waals surface area contributed by atoms with E-state index in [0.717, 1.165) is 24.3 Å². The van der Waals surface area contributed by atoms with Crippen LogP contribution in [0, 0.1) is 0 Å². The number of nitrogens with one attached hydrogen (secondary N) is 1. The number of hydrogen-bond donors (Lipinski definition) is 1. The van der Waals surface area contributed by atoms with Crippen molar-refractivity contribution < 1.29 is 4.74 Å². The topological polar surface area (TPSA) is 47.0 Å². The van der Waals surface area contributed by atoms with E-state index >= 15 is 0 Å². The van der Waals surface area contributed by atoms with Crippen molar-refractivity contribution in [1.82, 2.24) is 9.97 Å². The van der Waals surface area contributed by atoms with Crippen molar-refractivity contribution in [2.24, 2.45) is 0 Å². The lowest BCUT2D eigenvalue weighted by Gasteiger charge is -2.11. The average molecular weight is 278 g/mol. The molecule has 0 unspecified atom stereocenters. The minimum Gasteiger partial charge on any atom is -0.437 e. The van der Waals surface area contributed by atoms with Crippen LogP contribution in [0.5, 0.6) is 11.6 Å². The number of nitrogens with zero attached hydrogens (tertiary/aromatic N) is 2. The molecule has 0 fully saturated rings. The molecule has 0 aliphatic rings. The van der Waals surface area contributed by atoms with Gasteiger partial charge in [0, 0.05) is 6.54 Å². The number of hydrogen-bond acceptors (Lipinski definition) is 4. The third-order valence-corrected chi connectivity index (χ3v) is 2.87. The Kier molecular flexibility index (Phi) is 4.58. The SMILES string of the molecule is CCNc1ncc(Cl)c(Oc2ccccc2CC)n1. The third kappa shape index (κ3) is 3.35. The van der Waals surface area contributed by atoms with Crippen molar-refractivity contribution >= 4 is 17.5 Å². The second-order valence-corrected chi connectivity index (χ2v) is 4.35. The zero-order valence-corrected chi connectivity index (χ0v) is 11.7. The highest BCUT2D eigenvalue weighted by molar-refractivity contribution is 6.31. The number of aromatic nitrogens is 2. The molecule has 100 valence electrons. The van der Waals surface area contributed by atoms with Gasteiger partial charge in [-0.05, 0) is 25.0 Å². The summed E-state index contributed by atoms with van der Waals surface area (Å²) in [5.41, 5.74) is 1.11. The van der Waals surface area contributed by atoms with Gasteiger partial charge in [0.2, 0.25) is 11.8 Å². The molecular weight excluding hydrogens is 262 g/mol. The molecule has 0 atom stereocenters. The number of aryl methyl sites for hydroxylation is 1. The van der Waals surface area contributed by atoms with Gasteiger partial charge in [-0.25, -0.2) is 4.98 Å². The van der Waals surface area contributed by atoms with Crippen molar-refractivity contribution in [3.05, 3.63) is 41.0 Å². The van der Waals surface area contributed by atoms with Crippen molar-refractivity contribution in [2.75, 3.05) is 11.9 Å². The normalized spacial score (nSPS) is 10.3. The summed E-state index contributed by atoms with van der Waals surface area (Å²) in [7, 11) is 0. The second kappa shape index (κ2) is 6.38. The maximum Gasteiger partial charge on any atom is 0.243 e. The highest BCUT2D eigenvalue weighted by atomic mass is 35.5. The number of para-hydroxylation sites is 1. The summed E-state index contributed by atoms with van der Waals surface area (Å²) in [5, 5.41) is 3.42. The molecule has 0 aliphatic heterocycles. The van der Waals surface area contributed by atoms with Gasteiger partial charge in [0.1, 0.15) is 10.8 Å². The Bertz CT molecular complexity index is 560. The molecule has 1 aromatic heterocycles. The lowest BCUT2D eigenvalue weighted by molar-refractivity contribution is 0.457. The molecule has 0 bridgehead atoms. The summed E-state index contributed by atoms with van der Waals surface area (Å²) in [4.78, 5) is 8.34. The van der Waals surface area contributed by atoms with Gasteiger partial charge in [0.05, 0.1) is 6.20 Å². The predicted octanol–water partition coefficient (Wildman–Crippen LogP) is 3.92. The molecule has 0 spiro atoms. The molecule has 0 saturated carbocycles. The second-order valence-electron chi connectivity index (χ2n) is 3.94. The van der Waals surface area contributed by atoms with E-state index in [1.165, 1.54) is 6.20 Å². The molecule has 2 rings (SSSR count). The highest BCUT2D eigenvalue weighted by Gasteiger charge is 2.09. The maximum absolute atomic E-state index is 6.06. The van der Waals surface area contributed by atoms with E-state index in [0.29, 0.717) is 16.9 Å². The summed E-state index contributed by atoms with van der Waals surface area (Å²) < 4.78 is 5.80. The minimum absolute atomic E-state index is 0.369. The fourth-order valence-electron chi connectivity index (χ4n) is 1.67. The first-order valence-electron chi connectivity index (χ1n) is 6.26. The molecule has 19 heavy (non-hydrogen) atoms. The van der Waals surface area contributed by atoms with Gasteiger partial charge in [0.25, 0.3) is 0 Å². The largest absolute Gasteiger partial charge is 0.437 e. The summed E-state index contributed by atoms with van der Waals surface area (Å²) in [6.07, 6.45) is 2.43. The van der Waals surface area contributed by atoms with E-state index in [4.69, 9.17) is 16.3 Å². The molecule has 4 nitrogen and oxygen atoms in total. The van der Waals surface area contributed by atoms with Crippen LogP contribution in [0.25, 0.3) is 0 Å². The number of benzene rings is 1. The van der Waals surface area contributed by atoms with Crippen LogP contribution in [-0.2, 0) is 6.42 Å². The Balaban J connectivity index is 2.29. The summed E-state index contributed by atoms with van der Waals surface area (Å²) >= 11 is 6.06. The fourth-order valence-corrected chi connectivity index (χ4v) is 1.80. The maximum atomic E-state index is 6.06. The van der Waals surface area contributed by atoms with E-state index in [-0.39, 0.29) is 0 Å². The smallest absolute Gasteiger partial charge is 0.243 e. The van der Waals surface area contributed by atoms with Crippen LogP contribution in [0.2, 0.25) is 5.02 Å². The first-order chi connectivity index (χ1) is 9.24. The third-order valence-electron chi connectivity index (χ3n) is 2.61. The quantitative estimate of drug-likeness (QED) is 0.900. The molecule has 0 amide bonds. The minimum atomic E-state index is 0.369. The first-order valence-corrected chi connectivity index (χ1v) is 6.64. The van der Waals surface area contributed by atoms with E-state index < -0.39 is 0 Å². The Labute approximate surface area is 117 Å². The van der Waals surface area contributed by atoms with Crippen molar-refractivity contribution in [2.45, 2.75) is 20.3 Å². The van der Waals surface area contributed by atoms with Gasteiger partial charge < -0.3 is 10.1 Å². The van der Waals surface area contributed by atoms with Gasteiger partial charge in [-0.15, -0.1) is 0 Å². The van der Waals surface area contributed by atoms with E-state index in [9.17, 15) is 0 Å². The molecule has 2 aromatic rings. The standard InChI is InChI=1S/C14H16ClN3O/c1-3-10-7-5-6-8-12(10)19-13-11(15)9-17-14(18-13)16-4-2/h5-9H,3-4H2,1-2H3,(H,16,17,18). The van der Waals surface area contributed by atoms with Gasteiger partial charge >= 0.3 is 0 Å². The monoisotopic (exact) mass is 277 g/mol. The number of ether oxygens (including phenoxy) is 1. The van der Waals surface area contributed by atoms with Crippen LogP contribution in [0.15, 0.2) is 30.5 Å². The molecule has 0 radical (unpaired) electrons. The molecule has 0 aliphatic carbocycles. The number of anilines is 1. The van der Waals surface area contributed by atoms with Gasteiger partial charge in [-0.3, -0.25) is 0 Å². The molecule has 1 N–H and O–H groups in total. The van der Waals surface area contributed by atoms with E-state index in [1.807, 2.05) is 31.2 Å². The Morgan fingerprint density at radius 3 is 2.79 bits per heavy atom. The molecular formula is C14H16ClN3O. The number of halogens is 1. The van der Waals surface area contributed by atoms with Crippen LogP contribution in [-0.4, -0.2) is 16.5 Å². The Morgan fingerprint density at radius 1 is 1.26 bits per heavy atom. The van der Waals surface area contributed by atoms with E-state index in [2.05, 4.69) is 22.2 Å². The highest BCUT2D eigenvalue weighted by Crippen LogP contribution is 2.29. The van der Waals surface area contributed by atoms with E-state index in [1.54, 1.807) is 0 Å². The number of rotatable bonds is 5. The van der Waals surface area contributed by atoms with Crippen LogP contribution in [0.1, 0.15) is 19.4 Å². The van der Waals surface area contributed by atoms with Crippen LogP contribution in [0.3, 0.4) is 0 Å². The Hall–Kier alpha value is -1.81. The summed E-state index contributed by atoms with van der Waals surface area (Å²) in [6.45, 7) is 4.80. The lowest BCUT2D eigenvalue weighted by Crippen LogP contribution is -2.03. The zero-order valence-electron chi connectivity index (χ0n) is 11.0. The van der Waals surface area contributed by atoms with Crippen molar-refractivity contribution in [1.29, 1.82) is 0 Å². The zero-order chi connectivity index (χ0) is 13.7.